The Balaban J connectivity index is 0.951. The number of nitrogens with zero attached hydrogens (tertiary/aromatic N) is 3. The third kappa shape index (κ3) is 9.61. The summed E-state index contributed by atoms with van der Waals surface area (Å²) in [5, 5.41) is 11.6. The molecule has 4 heterocycles. The third-order valence-corrected chi connectivity index (χ3v) is 13.6. The topological polar surface area (TPSA) is 181 Å². The minimum atomic E-state index is -1.00. The molecule has 69 heavy (non-hydrogen) atoms. The van der Waals surface area contributed by atoms with Gasteiger partial charge in [-0.25, -0.2) is 0 Å². The van der Waals surface area contributed by atoms with Crippen LogP contribution < -0.4 is 29.3 Å². The highest BCUT2D eigenvalue weighted by Gasteiger charge is 2.38. The number of carbonyl (C=O) groups excluding carboxylic acids is 5. The molecule has 9 rings (SSSR count). The number of hydrogen-bond acceptors (Lipinski definition) is 10. The van der Waals surface area contributed by atoms with E-state index in [0.717, 1.165) is 46.5 Å². The normalized spacial score (nSPS) is 17.2. The number of hydrogen-bond donors (Lipinski definition) is 2. The van der Waals surface area contributed by atoms with E-state index >= 15 is 0 Å². The van der Waals surface area contributed by atoms with Crippen molar-refractivity contribution in [2.75, 3.05) is 16.9 Å². The monoisotopic (exact) mass is 930 g/mol. The molecule has 5 aromatic rings. The minimum absolute atomic E-state index is 0.00865. The molecule has 0 radical (unpaired) electrons. The lowest BCUT2D eigenvalue weighted by Gasteiger charge is -2.23. The number of fused-ring (bicyclic) bond motifs is 8. The van der Waals surface area contributed by atoms with Crippen LogP contribution in [0.1, 0.15) is 110 Å². The number of nitrogens with one attached hydrogen (secondary N) is 1. The van der Waals surface area contributed by atoms with Gasteiger partial charge in [-0.05, 0) is 121 Å². The fraction of sp³-hybridized carbons (Fsp3) is 0.327. The molecule has 0 bridgehead atoms. The van der Waals surface area contributed by atoms with E-state index in [4.69, 9.17) is 24.3 Å². The number of ether oxygens (including phenoxy) is 3. The van der Waals surface area contributed by atoms with Crippen LogP contribution in [-0.4, -0.2) is 71.8 Å². The highest BCUT2D eigenvalue weighted by Crippen LogP contribution is 2.42. The van der Waals surface area contributed by atoms with Crippen LogP contribution in [0.3, 0.4) is 0 Å². The van der Waals surface area contributed by atoms with Crippen LogP contribution in [0.2, 0.25) is 0 Å². The molecule has 4 aliphatic heterocycles. The lowest BCUT2D eigenvalue weighted by molar-refractivity contribution is -0.137. The van der Waals surface area contributed by atoms with Gasteiger partial charge in [-0.3, -0.25) is 38.7 Å². The first kappa shape index (κ1) is 46.5. The molecule has 4 aliphatic rings. The summed E-state index contributed by atoms with van der Waals surface area (Å²) in [4.78, 5) is 87.4. The van der Waals surface area contributed by atoms with E-state index in [-0.39, 0.29) is 74.4 Å². The molecule has 3 amide bonds. The fourth-order valence-corrected chi connectivity index (χ4v) is 9.87. The highest BCUT2D eigenvalue weighted by atomic mass is 16.5. The third-order valence-electron chi connectivity index (χ3n) is 13.6. The van der Waals surface area contributed by atoms with Crippen LogP contribution in [0.4, 0.5) is 17.1 Å². The number of amides is 3. The molecule has 354 valence electrons. The highest BCUT2D eigenvalue weighted by molar-refractivity contribution is 6.15. The van der Waals surface area contributed by atoms with Crippen molar-refractivity contribution >= 4 is 58.5 Å². The number of anilines is 2. The second-order valence-corrected chi connectivity index (χ2v) is 18.4. The van der Waals surface area contributed by atoms with Gasteiger partial charge in [0.25, 0.3) is 11.8 Å². The predicted molar refractivity (Wildman–Crippen MR) is 259 cm³/mol. The maximum atomic E-state index is 14.1. The van der Waals surface area contributed by atoms with Gasteiger partial charge >= 0.3 is 5.97 Å². The summed E-state index contributed by atoms with van der Waals surface area (Å²) in [5.41, 5.74) is 8.79. The second-order valence-electron chi connectivity index (χ2n) is 18.4. The van der Waals surface area contributed by atoms with Crippen LogP contribution >= 0.6 is 0 Å². The zero-order valence-corrected chi connectivity index (χ0v) is 39.1. The van der Waals surface area contributed by atoms with Crippen molar-refractivity contribution < 1.29 is 48.1 Å². The first-order chi connectivity index (χ1) is 33.3. The number of Topliss-reactive ketones (excluding diaryl/α,β-unsaturated/α-hetero) is 2. The maximum Gasteiger partial charge on any atom is 0.303 e. The molecule has 5 aromatic carbocycles. The number of ketones is 2. The Morgan fingerprint density at radius 2 is 1.43 bits per heavy atom. The van der Waals surface area contributed by atoms with Crippen LogP contribution in [0.15, 0.2) is 96.0 Å². The fourth-order valence-electron chi connectivity index (χ4n) is 9.87. The zero-order chi connectivity index (χ0) is 48.5. The second kappa shape index (κ2) is 19.5. The maximum absolute atomic E-state index is 14.1. The van der Waals surface area contributed by atoms with Gasteiger partial charge in [-0.2, -0.15) is 0 Å². The number of carbonyl (C=O) groups is 6. The number of aryl methyl sites for hydroxylation is 2. The summed E-state index contributed by atoms with van der Waals surface area (Å²) >= 11 is 0. The standard InChI is InChI=1S/C55H54N4O10/c1-31-18-43-44(56-28-41-24-38-11-6-8-13-46(38)59(41)55(43)66)27-49(31)68-29-34-20-35(22-39(21-34)48(61)19-32(2)53(64)57-33(3)47(60)14-9-15-52(62)63)30-69-51-25-36-16-17-40-23-37-10-5-7-12-45(37)58(40)54(65)42(36)26-50(51)67-4/h5-8,10-13,18,20-22,25-28,32-33,40-41H,9,14-17,19,23-24,29-30H2,1-4H3,(H,57,64)(H,62,63)/t32-,33+,40-,41+/m1/s1. The molecule has 0 saturated heterocycles. The van der Waals surface area contributed by atoms with E-state index in [1.54, 1.807) is 49.1 Å². The quantitative estimate of drug-likeness (QED) is 0.0859. The minimum Gasteiger partial charge on any atom is -0.493 e. The number of para-hydroxylation sites is 2. The average molecular weight is 931 g/mol. The summed E-state index contributed by atoms with van der Waals surface area (Å²) in [5.74, 6) is -1.75. The van der Waals surface area contributed by atoms with Crippen molar-refractivity contribution in [3.05, 3.63) is 141 Å². The van der Waals surface area contributed by atoms with Gasteiger partial charge in [-0.15, -0.1) is 0 Å². The number of rotatable bonds is 17. The molecule has 0 fully saturated rings. The average Bonchev–Trinajstić information content (AvgIpc) is 3.83. The van der Waals surface area contributed by atoms with Crippen molar-refractivity contribution in [2.24, 2.45) is 10.9 Å². The molecule has 0 aliphatic carbocycles. The Kier molecular flexibility index (Phi) is 13.2. The van der Waals surface area contributed by atoms with Gasteiger partial charge < -0.3 is 29.5 Å². The van der Waals surface area contributed by atoms with Gasteiger partial charge in [-0.1, -0.05) is 43.3 Å². The van der Waals surface area contributed by atoms with Crippen molar-refractivity contribution in [1.82, 2.24) is 5.32 Å². The van der Waals surface area contributed by atoms with Crippen LogP contribution in [0, 0.1) is 12.8 Å². The van der Waals surface area contributed by atoms with Crippen LogP contribution in [-0.2, 0) is 46.9 Å². The lowest BCUT2D eigenvalue weighted by Crippen LogP contribution is -2.41. The van der Waals surface area contributed by atoms with E-state index in [2.05, 4.69) is 11.4 Å². The molecule has 2 N–H and O–H groups in total. The van der Waals surface area contributed by atoms with Gasteiger partial charge in [0.2, 0.25) is 5.91 Å². The number of benzene rings is 5. The van der Waals surface area contributed by atoms with Crippen molar-refractivity contribution in [2.45, 2.75) is 103 Å². The first-order valence-electron chi connectivity index (χ1n) is 23.5. The summed E-state index contributed by atoms with van der Waals surface area (Å²) in [6.45, 7) is 5.08. The number of carboxylic acids is 1. The van der Waals surface area contributed by atoms with E-state index < -0.39 is 23.8 Å². The van der Waals surface area contributed by atoms with E-state index in [0.29, 0.717) is 63.6 Å². The van der Waals surface area contributed by atoms with E-state index in [9.17, 15) is 28.8 Å². The summed E-state index contributed by atoms with van der Waals surface area (Å²) in [6.07, 6.45) is 4.59. The Morgan fingerprint density at radius 3 is 2.14 bits per heavy atom. The van der Waals surface area contributed by atoms with Gasteiger partial charge in [0.05, 0.1) is 30.4 Å². The summed E-state index contributed by atoms with van der Waals surface area (Å²) < 4.78 is 18.7. The first-order valence-corrected chi connectivity index (χ1v) is 23.5. The molecule has 0 saturated carbocycles. The Hall–Kier alpha value is -7.61. The van der Waals surface area contributed by atoms with E-state index in [1.165, 1.54) is 7.11 Å². The largest absolute Gasteiger partial charge is 0.493 e. The van der Waals surface area contributed by atoms with Crippen molar-refractivity contribution in [3.63, 3.8) is 0 Å². The smallest absolute Gasteiger partial charge is 0.303 e. The Labute approximate surface area is 400 Å². The Bertz CT molecular complexity index is 2940. The molecule has 0 aromatic heterocycles. The van der Waals surface area contributed by atoms with Crippen molar-refractivity contribution in [1.29, 1.82) is 0 Å². The number of aliphatic carboxylic acids is 1. The molecular formula is C55H54N4O10. The zero-order valence-electron chi connectivity index (χ0n) is 39.1. The van der Waals surface area contributed by atoms with E-state index in [1.807, 2.05) is 72.6 Å². The predicted octanol–water partition coefficient (Wildman–Crippen LogP) is 8.50. The van der Waals surface area contributed by atoms with Gasteiger partial charge in [0.1, 0.15) is 19.0 Å². The molecule has 14 nitrogen and oxygen atoms in total. The molecule has 14 heteroatoms. The number of methoxy groups -OCH3 is 1. The molecule has 0 unspecified atom stereocenters. The number of aliphatic imine (C=N–C) groups is 1. The van der Waals surface area contributed by atoms with Crippen LogP contribution in [0.5, 0.6) is 17.2 Å². The SMILES string of the molecule is COc1cc2c(cc1OCc1cc(COc3cc4c(cc3C)C(=O)N3c5ccccc5C[C@H]3C=N4)cc(C(=O)C[C@@H](C)C(=O)N[C@@H](C)C(=O)CCCC(=O)O)c1)CC[C@@H]1Cc3ccccc3N1C2=O. The summed E-state index contributed by atoms with van der Waals surface area (Å²) in [7, 11) is 1.53. The van der Waals surface area contributed by atoms with Gasteiger partial charge in [0.15, 0.2) is 23.1 Å². The van der Waals surface area contributed by atoms with Gasteiger partial charge in [0, 0.05) is 72.4 Å². The lowest BCUT2D eigenvalue weighted by atomic mass is 9.96. The Morgan fingerprint density at radius 1 is 0.768 bits per heavy atom. The van der Waals surface area contributed by atoms with Crippen LogP contribution in [0.25, 0.3) is 0 Å². The number of carboxylic acid groups (broad SMARTS) is 1. The molecule has 4 atom stereocenters. The molecular weight excluding hydrogens is 877 g/mol. The molecule has 0 spiro atoms. The van der Waals surface area contributed by atoms with Crippen molar-refractivity contribution in [3.8, 4) is 17.2 Å². The summed E-state index contributed by atoms with van der Waals surface area (Å²) in [6, 6.07) is 27.4.